The molecule has 186 valence electrons. The number of benzene rings is 1. The predicted molar refractivity (Wildman–Crippen MR) is 123 cm³/mol. The van der Waals surface area contributed by atoms with Gasteiger partial charge in [0.2, 0.25) is 11.8 Å². The number of nitrogens with zero attached hydrogens (tertiary/aromatic N) is 5. The van der Waals surface area contributed by atoms with E-state index >= 15 is 0 Å². The molecule has 3 aliphatic rings. The van der Waals surface area contributed by atoms with Crippen molar-refractivity contribution >= 4 is 28.8 Å². The summed E-state index contributed by atoms with van der Waals surface area (Å²) in [6.07, 6.45) is 2.25. The van der Waals surface area contributed by atoms with Gasteiger partial charge in [-0.15, -0.1) is 11.7 Å². The van der Waals surface area contributed by atoms with Crippen LogP contribution in [0.4, 0.5) is 0 Å². The molecular weight excluding hydrogens is 454 g/mol. The molecule has 11 nitrogen and oxygen atoms in total. The first-order chi connectivity index (χ1) is 16.9. The van der Waals surface area contributed by atoms with Crippen LogP contribution in [0.1, 0.15) is 26.2 Å². The van der Waals surface area contributed by atoms with Crippen molar-refractivity contribution in [2.45, 2.75) is 56.6 Å². The van der Waals surface area contributed by atoms with Crippen LogP contribution >= 0.6 is 0 Å². The Morgan fingerprint density at radius 1 is 1.40 bits per heavy atom. The normalized spacial score (nSPS) is 30.0. The molecule has 3 saturated heterocycles. The Morgan fingerprint density at radius 2 is 2.17 bits per heavy atom. The molecule has 35 heavy (non-hydrogen) atoms. The Balaban J connectivity index is 1.56. The van der Waals surface area contributed by atoms with Crippen molar-refractivity contribution in [3.8, 4) is 0 Å². The third kappa shape index (κ3) is 3.36. The lowest BCUT2D eigenvalue weighted by molar-refractivity contribution is -0.154. The predicted octanol–water partition coefficient (Wildman–Crippen LogP) is 0.634. The fourth-order valence-corrected chi connectivity index (χ4v) is 6.19. The van der Waals surface area contributed by atoms with Gasteiger partial charge in [-0.1, -0.05) is 30.3 Å². The third-order valence-corrected chi connectivity index (χ3v) is 7.72. The third-order valence-electron chi connectivity index (χ3n) is 7.72. The zero-order valence-corrected chi connectivity index (χ0v) is 19.5. The Labute approximate surface area is 201 Å². The number of aliphatic hydroxyl groups excluding tert-OH is 1. The average Bonchev–Trinajstić information content (AvgIpc) is 3.59. The second-order valence-electron chi connectivity index (χ2n) is 9.45. The van der Waals surface area contributed by atoms with Crippen molar-refractivity contribution in [1.82, 2.24) is 24.8 Å². The van der Waals surface area contributed by atoms with E-state index in [4.69, 9.17) is 4.74 Å². The lowest BCUT2D eigenvalue weighted by Gasteiger charge is -2.39. The molecule has 3 fully saturated rings. The molecule has 1 spiro atoms. The summed E-state index contributed by atoms with van der Waals surface area (Å²) in [6, 6.07) is 5.69. The van der Waals surface area contributed by atoms with Gasteiger partial charge in [0.05, 0.1) is 36.1 Å². The second-order valence-corrected chi connectivity index (χ2v) is 9.45. The van der Waals surface area contributed by atoms with Crippen LogP contribution in [0.2, 0.25) is 0 Å². The number of hydrogen-bond acceptors (Lipinski definition) is 7. The highest BCUT2D eigenvalue weighted by Gasteiger charge is 2.75. The van der Waals surface area contributed by atoms with E-state index in [-0.39, 0.29) is 25.7 Å². The number of rotatable bonds is 9. The Kier molecular flexibility index (Phi) is 5.84. The number of carboxylic acids is 1. The van der Waals surface area contributed by atoms with Gasteiger partial charge in [-0.05, 0) is 31.4 Å². The number of amides is 2. The van der Waals surface area contributed by atoms with E-state index in [0.717, 1.165) is 5.52 Å². The summed E-state index contributed by atoms with van der Waals surface area (Å²) in [5.41, 5.74) is 0.188. The van der Waals surface area contributed by atoms with Gasteiger partial charge in [0.1, 0.15) is 23.8 Å². The standard InChI is InChI=1S/C24H29N5O6/c1-3-11-27(13-28-16-8-6-5-7-15(16)25-26-28)22(32)20-24-10-9-17(35-24)18(23(33)34)19(24)21(31)29(20)14(4-2)12-30/h3,5-8,14,17-20,30H,1,4,9-13H2,2H3,(H,33,34)/t14-,17+,18-,19-,20+,24-/m0/s1. The number of ether oxygens (including phenoxy) is 1. The van der Waals surface area contributed by atoms with Crippen molar-refractivity contribution < 1.29 is 29.3 Å². The number of carboxylic acid groups (broad SMARTS) is 1. The topological polar surface area (TPSA) is 138 Å². The molecule has 2 N–H and O–H groups in total. The Bertz CT molecular complexity index is 1180. The van der Waals surface area contributed by atoms with Crippen molar-refractivity contribution in [3.05, 3.63) is 36.9 Å². The maximum absolute atomic E-state index is 14.2. The summed E-state index contributed by atoms with van der Waals surface area (Å²) in [5.74, 6) is -3.91. The molecule has 0 saturated carbocycles. The highest BCUT2D eigenvalue weighted by molar-refractivity contribution is 5.98. The molecular formula is C24H29N5O6. The highest BCUT2D eigenvalue weighted by atomic mass is 16.5. The molecule has 0 unspecified atom stereocenters. The average molecular weight is 484 g/mol. The molecule has 4 heterocycles. The van der Waals surface area contributed by atoms with E-state index in [1.165, 1.54) is 9.80 Å². The minimum Gasteiger partial charge on any atom is -0.481 e. The maximum atomic E-state index is 14.2. The summed E-state index contributed by atoms with van der Waals surface area (Å²) in [4.78, 5) is 42.9. The van der Waals surface area contributed by atoms with E-state index in [2.05, 4.69) is 16.9 Å². The van der Waals surface area contributed by atoms with Crippen LogP contribution in [-0.2, 0) is 25.8 Å². The summed E-state index contributed by atoms with van der Waals surface area (Å²) in [5, 5.41) is 28.3. The molecule has 11 heteroatoms. The SMILES string of the molecule is C=CCN(Cn1nnc2ccccc21)C(=O)[C@H]1N([C@@H](CC)CO)C(=O)[C@@H]2[C@@H](C(=O)O)[C@H]3CC[C@]21O3. The number of hydrogen-bond donors (Lipinski definition) is 2. The zero-order valence-electron chi connectivity index (χ0n) is 19.5. The van der Waals surface area contributed by atoms with E-state index in [9.17, 15) is 24.6 Å². The molecule has 2 aromatic rings. The van der Waals surface area contributed by atoms with Crippen LogP contribution in [0.25, 0.3) is 11.0 Å². The van der Waals surface area contributed by atoms with E-state index in [1.54, 1.807) is 10.8 Å². The molecule has 3 aliphatic heterocycles. The van der Waals surface area contributed by atoms with Crippen LogP contribution in [0, 0.1) is 11.8 Å². The Morgan fingerprint density at radius 3 is 2.86 bits per heavy atom. The smallest absolute Gasteiger partial charge is 0.310 e. The number of aromatic nitrogens is 3. The maximum Gasteiger partial charge on any atom is 0.310 e. The van der Waals surface area contributed by atoms with Crippen LogP contribution in [-0.4, -0.2) is 89.7 Å². The van der Waals surface area contributed by atoms with Gasteiger partial charge in [-0.3, -0.25) is 14.4 Å². The minimum absolute atomic E-state index is 0.0619. The van der Waals surface area contributed by atoms with Gasteiger partial charge in [0, 0.05) is 6.54 Å². The molecule has 1 aromatic carbocycles. The van der Waals surface area contributed by atoms with Gasteiger partial charge in [0.15, 0.2) is 0 Å². The monoisotopic (exact) mass is 483 g/mol. The fourth-order valence-electron chi connectivity index (χ4n) is 6.19. The summed E-state index contributed by atoms with van der Waals surface area (Å²) in [6.45, 7) is 5.49. The fraction of sp³-hybridized carbons (Fsp3) is 0.542. The lowest BCUT2D eigenvalue weighted by Crippen LogP contribution is -2.58. The van der Waals surface area contributed by atoms with Gasteiger partial charge in [-0.2, -0.15) is 0 Å². The summed E-state index contributed by atoms with van der Waals surface area (Å²) in [7, 11) is 0. The van der Waals surface area contributed by atoms with E-state index in [0.29, 0.717) is 24.8 Å². The number of carbonyl (C=O) groups excluding carboxylic acids is 2. The van der Waals surface area contributed by atoms with Crippen LogP contribution in [0.3, 0.4) is 0 Å². The number of likely N-dealkylation sites (tertiary alicyclic amines) is 1. The highest BCUT2D eigenvalue weighted by Crippen LogP contribution is 2.59. The van der Waals surface area contributed by atoms with Crippen molar-refractivity contribution in [2.24, 2.45) is 11.8 Å². The Hall–Kier alpha value is -3.31. The summed E-state index contributed by atoms with van der Waals surface area (Å²) < 4.78 is 7.83. The molecule has 0 aliphatic carbocycles. The molecule has 1 aromatic heterocycles. The van der Waals surface area contributed by atoms with Crippen molar-refractivity contribution in [2.75, 3.05) is 13.2 Å². The summed E-state index contributed by atoms with van der Waals surface area (Å²) >= 11 is 0. The van der Waals surface area contributed by atoms with Gasteiger partial charge in [0.25, 0.3) is 0 Å². The van der Waals surface area contributed by atoms with Gasteiger partial charge in [-0.25, -0.2) is 4.68 Å². The molecule has 0 radical (unpaired) electrons. The second kappa shape index (κ2) is 8.72. The molecule has 2 amide bonds. The van der Waals surface area contributed by atoms with Gasteiger partial charge >= 0.3 is 5.97 Å². The van der Waals surface area contributed by atoms with E-state index in [1.807, 2.05) is 31.2 Å². The first kappa shape index (κ1) is 23.4. The number of fused-ring (bicyclic) bond motifs is 2. The molecule has 2 bridgehead atoms. The molecule has 6 atom stereocenters. The first-order valence-electron chi connectivity index (χ1n) is 11.9. The van der Waals surface area contributed by atoms with Crippen LogP contribution < -0.4 is 0 Å². The van der Waals surface area contributed by atoms with Gasteiger partial charge < -0.3 is 24.7 Å². The van der Waals surface area contributed by atoms with E-state index < -0.39 is 47.5 Å². The number of para-hydroxylation sites is 1. The number of aliphatic carboxylic acids is 1. The zero-order chi connectivity index (χ0) is 24.9. The van der Waals surface area contributed by atoms with Crippen molar-refractivity contribution in [1.29, 1.82) is 0 Å². The number of aliphatic hydroxyl groups is 1. The largest absolute Gasteiger partial charge is 0.481 e. The minimum atomic E-state index is -1.24. The molecule has 5 rings (SSSR count). The first-order valence-corrected chi connectivity index (χ1v) is 11.9. The van der Waals surface area contributed by atoms with Crippen LogP contribution in [0.5, 0.6) is 0 Å². The van der Waals surface area contributed by atoms with Crippen molar-refractivity contribution in [3.63, 3.8) is 0 Å². The lowest BCUT2D eigenvalue weighted by atomic mass is 9.70. The quantitative estimate of drug-likeness (QED) is 0.496. The number of carbonyl (C=O) groups is 3. The van der Waals surface area contributed by atoms with Crippen LogP contribution in [0.15, 0.2) is 36.9 Å².